The summed E-state index contributed by atoms with van der Waals surface area (Å²) in [5.41, 5.74) is 0.601. The zero-order valence-corrected chi connectivity index (χ0v) is 13.0. The number of carbonyl (C=O) groups is 1. The van der Waals surface area contributed by atoms with E-state index in [0.29, 0.717) is 28.6 Å². The second-order valence-corrected chi connectivity index (χ2v) is 6.73. The van der Waals surface area contributed by atoms with Crippen LogP contribution in [0, 0.1) is 5.92 Å². The molecule has 1 aromatic rings. The Balaban J connectivity index is 1.90. The number of rotatable bonds is 1. The van der Waals surface area contributed by atoms with Gasteiger partial charge >= 0.3 is 0 Å². The Labute approximate surface area is 126 Å². The lowest BCUT2D eigenvalue weighted by molar-refractivity contribution is 0.0682. The zero-order chi connectivity index (χ0) is 13.6. The van der Waals surface area contributed by atoms with E-state index in [0.717, 1.165) is 24.0 Å². The fourth-order valence-corrected chi connectivity index (χ4v) is 4.07. The number of hydrogen-bond donors (Lipinski definition) is 1. The van der Waals surface area contributed by atoms with Crippen LogP contribution in [0.2, 0.25) is 5.02 Å². The maximum atomic E-state index is 12.7. The van der Waals surface area contributed by atoms with E-state index in [1.54, 1.807) is 12.1 Å². The number of fused-ring (bicyclic) bond motifs is 1. The summed E-state index contributed by atoms with van der Waals surface area (Å²) >= 11 is 9.57. The van der Waals surface area contributed by atoms with E-state index in [1.807, 2.05) is 11.0 Å². The van der Waals surface area contributed by atoms with Crippen LogP contribution in [-0.2, 0) is 0 Å². The Hall–Kier alpha value is -0.580. The van der Waals surface area contributed by atoms with E-state index < -0.39 is 0 Å². The molecule has 0 aliphatic carbocycles. The molecule has 0 radical (unpaired) electrons. The van der Waals surface area contributed by atoms with Gasteiger partial charge in [0, 0.05) is 29.6 Å². The molecule has 5 heteroatoms. The molecule has 3 unspecified atom stereocenters. The Bertz CT molecular complexity index is 522. The van der Waals surface area contributed by atoms with Crippen LogP contribution in [0.3, 0.4) is 0 Å². The molecule has 2 aliphatic rings. The third kappa shape index (κ3) is 2.30. The van der Waals surface area contributed by atoms with Gasteiger partial charge in [0.25, 0.3) is 5.91 Å². The van der Waals surface area contributed by atoms with Crippen molar-refractivity contribution in [2.45, 2.75) is 25.4 Å². The molecular formula is C14H16BrClN2O. The van der Waals surface area contributed by atoms with Crippen LogP contribution >= 0.6 is 27.5 Å². The molecule has 3 nitrogen and oxygen atoms in total. The highest BCUT2D eigenvalue weighted by Gasteiger charge is 2.44. The molecule has 3 rings (SSSR count). The Morgan fingerprint density at radius 3 is 3.00 bits per heavy atom. The standard InChI is InChI=1S/C14H16BrClN2O/c1-8-4-9-6-17-7-13(9)18(8)14(19)11-3-2-10(15)5-12(11)16/h2-3,5,8-9,13,17H,4,6-7H2,1H3. The summed E-state index contributed by atoms with van der Waals surface area (Å²) in [6.45, 7) is 4.05. The number of benzene rings is 1. The molecule has 2 aliphatic heterocycles. The molecule has 2 heterocycles. The van der Waals surface area contributed by atoms with Crippen molar-refractivity contribution in [2.24, 2.45) is 5.92 Å². The van der Waals surface area contributed by atoms with E-state index in [2.05, 4.69) is 28.2 Å². The van der Waals surface area contributed by atoms with E-state index >= 15 is 0 Å². The number of carbonyl (C=O) groups excluding carboxylic acids is 1. The lowest BCUT2D eigenvalue weighted by Crippen LogP contribution is -2.42. The summed E-state index contributed by atoms with van der Waals surface area (Å²) in [6, 6.07) is 6.06. The average molecular weight is 344 g/mol. The van der Waals surface area contributed by atoms with Crippen LogP contribution in [0.1, 0.15) is 23.7 Å². The van der Waals surface area contributed by atoms with Gasteiger partial charge in [0.15, 0.2) is 0 Å². The quantitative estimate of drug-likeness (QED) is 0.850. The van der Waals surface area contributed by atoms with Crippen LogP contribution in [0.15, 0.2) is 22.7 Å². The smallest absolute Gasteiger partial charge is 0.255 e. The van der Waals surface area contributed by atoms with Gasteiger partial charge in [-0.05, 0) is 37.5 Å². The van der Waals surface area contributed by atoms with Gasteiger partial charge in [0.1, 0.15) is 0 Å². The predicted octanol–water partition coefficient (Wildman–Crippen LogP) is 2.92. The highest BCUT2D eigenvalue weighted by molar-refractivity contribution is 9.10. The molecule has 1 aromatic carbocycles. The molecule has 1 amide bonds. The van der Waals surface area contributed by atoms with Crippen LogP contribution in [0.5, 0.6) is 0 Å². The molecule has 1 N–H and O–H groups in total. The summed E-state index contributed by atoms with van der Waals surface area (Å²) in [5, 5.41) is 3.89. The lowest BCUT2D eigenvalue weighted by Gasteiger charge is -2.28. The van der Waals surface area contributed by atoms with Crippen molar-refractivity contribution in [1.29, 1.82) is 0 Å². The average Bonchev–Trinajstić information content (AvgIpc) is 2.87. The topological polar surface area (TPSA) is 32.3 Å². The molecule has 3 atom stereocenters. The number of nitrogens with one attached hydrogen (secondary N) is 1. The minimum atomic E-state index is 0.0567. The number of likely N-dealkylation sites (tertiary alicyclic amines) is 1. The van der Waals surface area contributed by atoms with Crippen molar-refractivity contribution in [2.75, 3.05) is 13.1 Å². The van der Waals surface area contributed by atoms with Crippen molar-refractivity contribution < 1.29 is 4.79 Å². The summed E-state index contributed by atoms with van der Waals surface area (Å²) in [7, 11) is 0. The third-order valence-electron chi connectivity index (χ3n) is 4.18. The van der Waals surface area contributed by atoms with Crippen molar-refractivity contribution >= 4 is 33.4 Å². The zero-order valence-electron chi connectivity index (χ0n) is 10.7. The molecule has 102 valence electrons. The largest absolute Gasteiger partial charge is 0.331 e. The van der Waals surface area contributed by atoms with Gasteiger partial charge in [0.2, 0.25) is 0 Å². The number of hydrogen-bond acceptors (Lipinski definition) is 2. The fraction of sp³-hybridized carbons (Fsp3) is 0.500. The molecule has 0 saturated carbocycles. The van der Waals surface area contributed by atoms with Crippen LogP contribution in [0.4, 0.5) is 0 Å². The highest BCUT2D eigenvalue weighted by Crippen LogP contribution is 2.34. The number of nitrogens with zero attached hydrogens (tertiary/aromatic N) is 1. The maximum absolute atomic E-state index is 12.7. The second kappa shape index (κ2) is 5.08. The van der Waals surface area contributed by atoms with Crippen LogP contribution in [-0.4, -0.2) is 36.0 Å². The molecular weight excluding hydrogens is 328 g/mol. The second-order valence-electron chi connectivity index (χ2n) is 5.41. The summed E-state index contributed by atoms with van der Waals surface area (Å²) in [4.78, 5) is 14.7. The summed E-state index contributed by atoms with van der Waals surface area (Å²) < 4.78 is 0.893. The molecule has 2 saturated heterocycles. The van der Waals surface area contributed by atoms with Crippen LogP contribution < -0.4 is 5.32 Å². The number of amides is 1. The molecule has 2 fully saturated rings. The normalized spacial score (nSPS) is 29.6. The van der Waals surface area contributed by atoms with Gasteiger partial charge in [0.05, 0.1) is 10.6 Å². The Morgan fingerprint density at radius 1 is 1.47 bits per heavy atom. The molecule has 0 bridgehead atoms. The number of halogens is 2. The summed E-state index contributed by atoms with van der Waals surface area (Å²) in [6.07, 6.45) is 1.08. The lowest BCUT2D eigenvalue weighted by atomic mass is 10.0. The van der Waals surface area contributed by atoms with Crippen molar-refractivity contribution in [3.05, 3.63) is 33.3 Å². The van der Waals surface area contributed by atoms with E-state index in [-0.39, 0.29) is 5.91 Å². The fourth-order valence-electron chi connectivity index (χ4n) is 3.32. The minimum absolute atomic E-state index is 0.0567. The molecule has 0 spiro atoms. The first-order valence-corrected chi connectivity index (χ1v) is 7.73. The Kier molecular flexibility index (Phi) is 3.58. The van der Waals surface area contributed by atoms with Crippen molar-refractivity contribution in [3.63, 3.8) is 0 Å². The van der Waals surface area contributed by atoms with E-state index in [4.69, 9.17) is 11.6 Å². The van der Waals surface area contributed by atoms with Gasteiger partial charge in [-0.2, -0.15) is 0 Å². The van der Waals surface area contributed by atoms with Gasteiger partial charge in [-0.25, -0.2) is 0 Å². The van der Waals surface area contributed by atoms with E-state index in [1.165, 1.54) is 0 Å². The van der Waals surface area contributed by atoms with Gasteiger partial charge in [-0.15, -0.1) is 0 Å². The van der Waals surface area contributed by atoms with Crippen LogP contribution in [0.25, 0.3) is 0 Å². The van der Waals surface area contributed by atoms with E-state index in [9.17, 15) is 4.79 Å². The highest BCUT2D eigenvalue weighted by atomic mass is 79.9. The van der Waals surface area contributed by atoms with Crippen molar-refractivity contribution in [1.82, 2.24) is 10.2 Å². The first-order valence-electron chi connectivity index (χ1n) is 6.56. The summed E-state index contributed by atoms with van der Waals surface area (Å²) in [5.74, 6) is 0.648. The predicted molar refractivity (Wildman–Crippen MR) is 79.5 cm³/mol. The Morgan fingerprint density at radius 2 is 2.26 bits per heavy atom. The first kappa shape index (κ1) is 13.4. The minimum Gasteiger partial charge on any atom is -0.331 e. The maximum Gasteiger partial charge on any atom is 0.255 e. The van der Waals surface area contributed by atoms with Crippen molar-refractivity contribution in [3.8, 4) is 0 Å². The first-order chi connectivity index (χ1) is 9.08. The van der Waals surface area contributed by atoms with Gasteiger partial charge < -0.3 is 10.2 Å². The monoisotopic (exact) mass is 342 g/mol. The molecule has 0 aromatic heterocycles. The SMILES string of the molecule is CC1CC2CNCC2N1C(=O)c1ccc(Br)cc1Cl. The molecule has 19 heavy (non-hydrogen) atoms. The van der Waals surface area contributed by atoms with Gasteiger partial charge in [-0.1, -0.05) is 27.5 Å². The third-order valence-corrected chi connectivity index (χ3v) is 4.98. The van der Waals surface area contributed by atoms with Gasteiger partial charge in [-0.3, -0.25) is 4.79 Å².